The number of piperazine rings is 1. The van der Waals surface area contributed by atoms with Crippen molar-refractivity contribution in [2.45, 2.75) is 37.6 Å². The Hall–Kier alpha value is -1.66. The molecule has 138 valence electrons. The predicted molar refractivity (Wildman–Crippen MR) is 109 cm³/mol. The van der Waals surface area contributed by atoms with Gasteiger partial charge in [0, 0.05) is 56.4 Å². The summed E-state index contributed by atoms with van der Waals surface area (Å²) >= 11 is 4.45. The SMILES string of the molecule is SN1CCN(c2ccc(C3(c4cc5n(n4)CCCN5)CCC3)cc2)CC1. The van der Waals surface area contributed by atoms with Gasteiger partial charge in [0.2, 0.25) is 0 Å². The Kier molecular flexibility index (Phi) is 4.13. The Morgan fingerprint density at radius 3 is 2.38 bits per heavy atom. The molecule has 1 aromatic carbocycles. The molecule has 0 atom stereocenters. The van der Waals surface area contributed by atoms with E-state index < -0.39 is 0 Å². The van der Waals surface area contributed by atoms with E-state index >= 15 is 0 Å². The van der Waals surface area contributed by atoms with Gasteiger partial charge in [0.15, 0.2) is 0 Å². The van der Waals surface area contributed by atoms with E-state index in [1.54, 1.807) is 0 Å². The summed E-state index contributed by atoms with van der Waals surface area (Å²) in [5, 5.41) is 8.47. The van der Waals surface area contributed by atoms with Gasteiger partial charge in [-0.15, -0.1) is 0 Å². The number of rotatable bonds is 3. The van der Waals surface area contributed by atoms with Crippen molar-refractivity contribution in [2.24, 2.45) is 0 Å². The van der Waals surface area contributed by atoms with Crippen LogP contribution in [0, 0.1) is 0 Å². The summed E-state index contributed by atoms with van der Waals surface area (Å²) in [4.78, 5) is 2.46. The molecule has 2 aromatic rings. The Morgan fingerprint density at radius 1 is 0.962 bits per heavy atom. The second-order valence-corrected chi connectivity index (χ2v) is 8.41. The zero-order valence-electron chi connectivity index (χ0n) is 15.2. The average molecular weight is 370 g/mol. The van der Waals surface area contributed by atoms with Gasteiger partial charge >= 0.3 is 0 Å². The van der Waals surface area contributed by atoms with Crippen LogP contribution in [0.1, 0.15) is 36.9 Å². The third kappa shape index (κ3) is 2.70. The minimum absolute atomic E-state index is 0.119. The number of nitrogens with zero attached hydrogens (tertiary/aromatic N) is 4. The number of thiol groups is 1. The van der Waals surface area contributed by atoms with E-state index in [2.05, 4.69) is 62.4 Å². The van der Waals surface area contributed by atoms with Gasteiger partial charge in [0.25, 0.3) is 0 Å². The summed E-state index contributed by atoms with van der Waals surface area (Å²) in [7, 11) is 0. The molecule has 0 amide bonds. The number of nitrogens with one attached hydrogen (secondary N) is 1. The van der Waals surface area contributed by atoms with Crippen LogP contribution in [0.2, 0.25) is 0 Å². The van der Waals surface area contributed by atoms with Crippen LogP contribution in [0.5, 0.6) is 0 Å². The van der Waals surface area contributed by atoms with Crippen molar-refractivity contribution in [3.63, 3.8) is 0 Å². The Bertz CT molecular complexity index is 748. The van der Waals surface area contributed by atoms with Crippen molar-refractivity contribution in [1.82, 2.24) is 14.1 Å². The summed E-state index contributed by atoms with van der Waals surface area (Å²) in [5.74, 6) is 1.19. The number of fused-ring (bicyclic) bond motifs is 1. The van der Waals surface area contributed by atoms with E-state index in [0.29, 0.717) is 0 Å². The van der Waals surface area contributed by atoms with Crippen LogP contribution in [0.3, 0.4) is 0 Å². The average Bonchev–Trinajstić information content (AvgIpc) is 3.06. The first-order valence-corrected chi connectivity index (χ1v) is 10.3. The maximum Gasteiger partial charge on any atom is 0.124 e. The number of hydrogen-bond acceptors (Lipinski definition) is 5. The van der Waals surface area contributed by atoms with Gasteiger partial charge in [0.05, 0.1) is 5.69 Å². The molecular formula is C20H27N5S. The molecular weight excluding hydrogens is 342 g/mol. The topological polar surface area (TPSA) is 36.3 Å². The van der Waals surface area contributed by atoms with E-state index in [1.165, 1.54) is 42.0 Å². The van der Waals surface area contributed by atoms with Crippen LogP contribution in [-0.2, 0) is 12.0 Å². The molecule has 0 radical (unpaired) electrons. The summed E-state index contributed by atoms with van der Waals surface area (Å²) in [6, 6.07) is 11.6. The van der Waals surface area contributed by atoms with Crippen molar-refractivity contribution < 1.29 is 0 Å². The predicted octanol–water partition coefficient (Wildman–Crippen LogP) is 3.14. The van der Waals surface area contributed by atoms with E-state index in [4.69, 9.17) is 5.10 Å². The molecule has 6 heteroatoms. The van der Waals surface area contributed by atoms with E-state index in [9.17, 15) is 0 Å². The van der Waals surface area contributed by atoms with E-state index in [0.717, 1.165) is 45.7 Å². The minimum Gasteiger partial charge on any atom is -0.370 e. The van der Waals surface area contributed by atoms with Gasteiger partial charge in [-0.05, 0) is 37.0 Å². The minimum atomic E-state index is 0.119. The summed E-state index contributed by atoms with van der Waals surface area (Å²) in [6.45, 7) is 6.23. The molecule has 3 aliphatic rings. The lowest BCUT2D eigenvalue weighted by atomic mass is 9.62. The van der Waals surface area contributed by atoms with Crippen molar-refractivity contribution in [2.75, 3.05) is 42.9 Å². The molecule has 1 aromatic heterocycles. The molecule has 3 heterocycles. The zero-order valence-corrected chi connectivity index (χ0v) is 16.1. The number of aromatic nitrogens is 2. The lowest BCUT2D eigenvalue weighted by molar-refractivity contribution is 0.290. The van der Waals surface area contributed by atoms with Crippen LogP contribution in [0.25, 0.3) is 0 Å². The van der Waals surface area contributed by atoms with E-state index in [1.807, 2.05) is 0 Å². The molecule has 1 saturated carbocycles. The van der Waals surface area contributed by atoms with Crippen LogP contribution >= 0.6 is 12.8 Å². The van der Waals surface area contributed by atoms with Crippen LogP contribution in [0.15, 0.2) is 30.3 Å². The summed E-state index contributed by atoms with van der Waals surface area (Å²) in [5.41, 5.74) is 4.13. The Balaban J connectivity index is 1.41. The highest BCUT2D eigenvalue weighted by Crippen LogP contribution is 2.49. The van der Waals surface area contributed by atoms with Crippen LogP contribution in [0.4, 0.5) is 11.5 Å². The molecule has 0 unspecified atom stereocenters. The molecule has 1 aliphatic carbocycles. The van der Waals surface area contributed by atoms with E-state index in [-0.39, 0.29) is 5.41 Å². The fourth-order valence-electron chi connectivity index (χ4n) is 4.58. The normalized spacial score (nSPS) is 22.4. The van der Waals surface area contributed by atoms with Crippen molar-refractivity contribution in [1.29, 1.82) is 0 Å². The van der Waals surface area contributed by atoms with Crippen LogP contribution < -0.4 is 10.2 Å². The maximum atomic E-state index is 4.97. The molecule has 1 saturated heterocycles. The Morgan fingerprint density at radius 2 is 1.73 bits per heavy atom. The summed E-state index contributed by atoms with van der Waals surface area (Å²) < 4.78 is 4.26. The van der Waals surface area contributed by atoms with Gasteiger partial charge in [0.1, 0.15) is 5.82 Å². The largest absolute Gasteiger partial charge is 0.370 e. The molecule has 0 bridgehead atoms. The van der Waals surface area contributed by atoms with Crippen molar-refractivity contribution in [3.8, 4) is 0 Å². The molecule has 1 N–H and O–H groups in total. The highest BCUT2D eigenvalue weighted by atomic mass is 32.1. The fourth-order valence-corrected chi connectivity index (χ4v) is 4.76. The van der Waals surface area contributed by atoms with Crippen LogP contribution in [-0.4, -0.2) is 46.8 Å². The number of aryl methyl sites for hydroxylation is 1. The van der Waals surface area contributed by atoms with Crippen molar-refractivity contribution in [3.05, 3.63) is 41.6 Å². The number of benzene rings is 1. The Labute approximate surface area is 160 Å². The van der Waals surface area contributed by atoms with Gasteiger partial charge in [-0.25, -0.2) is 8.99 Å². The molecule has 0 spiro atoms. The monoisotopic (exact) mass is 369 g/mol. The molecule has 26 heavy (non-hydrogen) atoms. The third-order valence-corrected chi connectivity index (χ3v) is 6.77. The zero-order chi connectivity index (χ0) is 17.6. The molecule has 2 aliphatic heterocycles. The van der Waals surface area contributed by atoms with Gasteiger partial charge in [-0.2, -0.15) is 5.10 Å². The third-order valence-electron chi connectivity index (χ3n) is 6.37. The second-order valence-electron chi connectivity index (χ2n) is 7.84. The van der Waals surface area contributed by atoms with Crippen molar-refractivity contribution >= 4 is 24.3 Å². The molecule has 5 rings (SSSR count). The van der Waals surface area contributed by atoms with Gasteiger partial charge in [-0.1, -0.05) is 31.4 Å². The molecule has 5 nitrogen and oxygen atoms in total. The highest BCUT2D eigenvalue weighted by Gasteiger charge is 2.43. The quantitative estimate of drug-likeness (QED) is 0.815. The highest BCUT2D eigenvalue weighted by molar-refractivity contribution is 7.77. The maximum absolute atomic E-state index is 4.97. The van der Waals surface area contributed by atoms with Gasteiger partial charge < -0.3 is 10.2 Å². The second kappa shape index (κ2) is 6.50. The smallest absolute Gasteiger partial charge is 0.124 e. The summed E-state index contributed by atoms with van der Waals surface area (Å²) in [6.07, 6.45) is 4.87. The number of anilines is 2. The number of hydrogen-bond donors (Lipinski definition) is 2. The lowest BCUT2D eigenvalue weighted by Crippen LogP contribution is -2.42. The standard InChI is InChI=1S/C20H27N5S/c26-24-13-11-23(12-14-24)17-5-3-16(4-6-17)20(7-1-8-20)18-15-19-21-9-2-10-25(19)22-18/h3-6,15,21,26H,1-2,7-14H2. The fraction of sp³-hybridized carbons (Fsp3) is 0.550. The van der Waals surface area contributed by atoms with Gasteiger partial charge in [-0.3, -0.25) is 0 Å². The lowest BCUT2D eigenvalue weighted by Gasteiger charge is -2.41. The first kappa shape index (κ1) is 16.5. The first-order valence-electron chi connectivity index (χ1n) is 9.86. The first-order chi connectivity index (χ1) is 12.7. The molecule has 2 fully saturated rings.